The monoisotopic (exact) mass is 236 g/mol. The first-order chi connectivity index (χ1) is 8.31. The summed E-state index contributed by atoms with van der Waals surface area (Å²) in [6, 6.07) is 2.10. The minimum atomic E-state index is 0.422. The van der Waals surface area contributed by atoms with Gasteiger partial charge in [0.2, 0.25) is 0 Å². The molecule has 0 bridgehead atoms. The summed E-state index contributed by atoms with van der Waals surface area (Å²) in [7, 11) is 1.63. The Bertz CT molecular complexity index is 377. The van der Waals surface area contributed by atoms with E-state index < -0.39 is 0 Å². The molecule has 3 N–H and O–H groups in total. The highest BCUT2D eigenvalue weighted by Gasteiger charge is 2.08. The number of aromatic nitrogens is 2. The van der Waals surface area contributed by atoms with Crippen molar-refractivity contribution in [3.05, 3.63) is 12.4 Å². The highest BCUT2D eigenvalue weighted by molar-refractivity contribution is 5.43. The van der Waals surface area contributed by atoms with Gasteiger partial charge in [0.1, 0.15) is 5.82 Å². The highest BCUT2D eigenvalue weighted by Crippen LogP contribution is 2.11. The van der Waals surface area contributed by atoms with Crippen LogP contribution in [-0.2, 0) is 4.74 Å². The third kappa shape index (κ3) is 4.22. The average Bonchev–Trinajstić information content (AvgIpc) is 2.39. The normalized spacial score (nSPS) is 9.71. The van der Waals surface area contributed by atoms with E-state index in [4.69, 9.17) is 15.8 Å². The van der Waals surface area contributed by atoms with Crippen LogP contribution in [0.25, 0.3) is 0 Å². The summed E-state index contributed by atoms with van der Waals surface area (Å²) in [6.45, 7) is 1.80. The van der Waals surface area contributed by atoms with Gasteiger partial charge in [-0.15, -0.1) is 0 Å². The Labute approximate surface area is 100 Å². The Morgan fingerprint density at radius 2 is 2.35 bits per heavy atom. The molecule has 17 heavy (non-hydrogen) atoms. The van der Waals surface area contributed by atoms with E-state index in [9.17, 15) is 0 Å². The number of nitriles is 1. The fraction of sp³-hybridized carbons (Fsp3) is 0.500. The number of hydrogen-bond donors (Lipinski definition) is 2. The van der Waals surface area contributed by atoms with Crippen molar-refractivity contribution in [1.82, 2.24) is 9.97 Å². The summed E-state index contributed by atoms with van der Waals surface area (Å²) in [6.07, 6.45) is 3.59. The molecule has 0 saturated carbocycles. The first kappa shape index (κ1) is 13.2. The van der Waals surface area contributed by atoms with Crippen molar-refractivity contribution in [2.75, 3.05) is 37.1 Å². The quantitative estimate of drug-likeness (QED) is 0.512. The number of nitrogens with one attached hydrogen (secondary N) is 1. The molecule has 7 nitrogen and oxygen atoms in total. The zero-order valence-corrected chi connectivity index (χ0v) is 9.76. The van der Waals surface area contributed by atoms with Gasteiger partial charge in [-0.3, -0.25) is 4.98 Å². The molecule has 1 rings (SSSR count). The summed E-state index contributed by atoms with van der Waals surface area (Å²) in [5.41, 5.74) is 2.44. The molecule has 7 heteroatoms. The van der Waals surface area contributed by atoms with E-state index in [-0.39, 0.29) is 0 Å². The number of nitrogens with zero attached hydrogens (tertiary/aromatic N) is 4. The molecule has 0 atom stereocenters. The van der Waals surface area contributed by atoms with Crippen molar-refractivity contribution in [2.45, 2.75) is 6.42 Å². The molecule has 92 valence electrons. The highest BCUT2D eigenvalue weighted by atomic mass is 16.5. The average molecular weight is 236 g/mol. The van der Waals surface area contributed by atoms with Crippen LogP contribution in [0.2, 0.25) is 0 Å². The van der Waals surface area contributed by atoms with E-state index in [0.717, 1.165) is 0 Å². The molecule has 0 aromatic carbocycles. The van der Waals surface area contributed by atoms with Crippen LogP contribution in [0.1, 0.15) is 6.42 Å². The molecule has 1 heterocycles. The molecule has 1 aromatic rings. The van der Waals surface area contributed by atoms with Crippen molar-refractivity contribution >= 4 is 11.6 Å². The summed E-state index contributed by atoms with van der Waals surface area (Å²) >= 11 is 0. The third-order valence-electron chi connectivity index (χ3n) is 2.15. The topological polar surface area (TPSA) is 100 Å². The summed E-state index contributed by atoms with van der Waals surface area (Å²) < 4.78 is 5.02. The van der Waals surface area contributed by atoms with Crippen LogP contribution >= 0.6 is 0 Å². The van der Waals surface area contributed by atoms with E-state index in [0.29, 0.717) is 37.8 Å². The lowest BCUT2D eigenvalue weighted by molar-refractivity contribution is 0.205. The molecular weight excluding hydrogens is 220 g/mol. The Kier molecular flexibility index (Phi) is 5.71. The molecule has 0 aliphatic rings. The van der Waals surface area contributed by atoms with Crippen LogP contribution in [0.5, 0.6) is 0 Å². The smallest absolute Gasteiger partial charge is 0.160 e. The van der Waals surface area contributed by atoms with Gasteiger partial charge in [-0.2, -0.15) is 5.26 Å². The van der Waals surface area contributed by atoms with Crippen LogP contribution in [-0.4, -0.2) is 36.8 Å². The second kappa shape index (κ2) is 7.38. The number of nitrogens with two attached hydrogens (primary N) is 1. The maximum absolute atomic E-state index is 8.61. The Morgan fingerprint density at radius 1 is 1.53 bits per heavy atom. The predicted molar refractivity (Wildman–Crippen MR) is 64.2 cm³/mol. The maximum atomic E-state index is 8.61. The SMILES string of the molecule is COCCN(CCC#N)c1cncc(NN)n1. The second-order valence-corrected chi connectivity index (χ2v) is 3.29. The van der Waals surface area contributed by atoms with Crippen molar-refractivity contribution < 1.29 is 4.74 Å². The van der Waals surface area contributed by atoms with Crippen LogP contribution < -0.4 is 16.2 Å². The molecule has 0 aliphatic carbocycles. The summed E-state index contributed by atoms with van der Waals surface area (Å²) in [4.78, 5) is 10.2. The van der Waals surface area contributed by atoms with Crippen molar-refractivity contribution in [3.63, 3.8) is 0 Å². The van der Waals surface area contributed by atoms with Crippen molar-refractivity contribution in [2.24, 2.45) is 5.84 Å². The van der Waals surface area contributed by atoms with Gasteiger partial charge < -0.3 is 15.1 Å². The zero-order valence-electron chi connectivity index (χ0n) is 9.76. The predicted octanol–water partition coefficient (Wildman–Crippen LogP) is 0.129. The lowest BCUT2D eigenvalue weighted by atomic mass is 10.4. The van der Waals surface area contributed by atoms with Gasteiger partial charge in [-0.05, 0) is 0 Å². The number of hydrazine groups is 1. The van der Waals surface area contributed by atoms with E-state index in [1.807, 2.05) is 4.90 Å². The number of nitrogen functional groups attached to an aromatic ring is 1. The molecular formula is C10H16N6O. The Hall–Kier alpha value is -1.91. The number of rotatable bonds is 7. The number of ether oxygens (including phenoxy) is 1. The van der Waals surface area contributed by atoms with Gasteiger partial charge in [0.25, 0.3) is 0 Å². The molecule has 0 aliphatic heterocycles. The Morgan fingerprint density at radius 3 is 3.00 bits per heavy atom. The fourth-order valence-corrected chi connectivity index (χ4v) is 1.30. The van der Waals surface area contributed by atoms with Crippen LogP contribution in [0, 0.1) is 11.3 Å². The minimum absolute atomic E-state index is 0.422. The third-order valence-corrected chi connectivity index (χ3v) is 2.15. The van der Waals surface area contributed by atoms with Crippen LogP contribution in [0.3, 0.4) is 0 Å². The van der Waals surface area contributed by atoms with Gasteiger partial charge in [0.15, 0.2) is 5.82 Å². The van der Waals surface area contributed by atoms with Gasteiger partial charge in [-0.1, -0.05) is 0 Å². The zero-order chi connectivity index (χ0) is 12.5. The van der Waals surface area contributed by atoms with E-state index in [2.05, 4.69) is 21.5 Å². The first-order valence-corrected chi connectivity index (χ1v) is 5.21. The molecule has 0 saturated heterocycles. The molecule has 0 fully saturated rings. The van der Waals surface area contributed by atoms with Gasteiger partial charge in [0, 0.05) is 20.2 Å². The second-order valence-electron chi connectivity index (χ2n) is 3.29. The van der Waals surface area contributed by atoms with Crippen molar-refractivity contribution in [1.29, 1.82) is 5.26 Å². The number of anilines is 2. The lowest BCUT2D eigenvalue weighted by Crippen LogP contribution is -2.29. The number of hydrogen-bond acceptors (Lipinski definition) is 7. The molecule has 0 radical (unpaired) electrons. The first-order valence-electron chi connectivity index (χ1n) is 5.21. The maximum Gasteiger partial charge on any atom is 0.160 e. The minimum Gasteiger partial charge on any atom is -0.383 e. The molecule has 0 spiro atoms. The standard InChI is InChI=1S/C10H16N6O/c1-17-6-5-16(4-2-3-11)10-8-13-7-9(14-10)15-12/h7-8H,2,4-6,12H2,1H3,(H,14,15). The number of methoxy groups -OCH3 is 1. The molecule has 0 unspecified atom stereocenters. The van der Waals surface area contributed by atoms with Crippen LogP contribution in [0.4, 0.5) is 11.6 Å². The fourth-order valence-electron chi connectivity index (χ4n) is 1.30. The largest absolute Gasteiger partial charge is 0.383 e. The van der Waals surface area contributed by atoms with Gasteiger partial charge >= 0.3 is 0 Å². The van der Waals surface area contributed by atoms with Gasteiger partial charge in [0.05, 0.1) is 31.5 Å². The summed E-state index contributed by atoms with van der Waals surface area (Å²) in [5.74, 6) is 6.43. The van der Waals surface area contributed by atoms with E-state index in [1.54, 1.807) is 13.3 Å². The Balaban J connectivity index is 2.75. The van der Waals surface area contributed by atoms with Crippen molar-refractivity contribution in [3.8, 4) is 6.07 Å². The molecule has 0 amide bonds. The van der Waals surface area contributed by atoms with E-state index in [1.165, 1.54) is 6.20 Å². The van der Waals surface area contributed by atoms with E-state index >= 15 is 0 Å². The lowest BCUT2D eigenvalue weighted by Gasteiger charge is -2.22. The van der Waals surface area contributed by atoms with Crippen LogP contribution in [0.15, 0.2) is 12.4 Å². The van der Waals surface area contributed by atoms with Gasteiger partial charge in [-0.25, -0.2) is 10.8 Å². The molecule has 1 aromatic heterocycles. The summed E-state index contributed by atoms with van der Waals surface area (Å²) in [5, 5.41) is 8.61.